The number of hydrogen-bond donors (Lipinski definition) is 0. The molecule has 0 saturated heterocycles. The molecule has 0 aromatic heterocycles. The Bertz CT molecular complexity index is 1800. The SMILES string of the molecule is CCc1cc2ccccc2[cH-]1.CCc1cc2ccccc2[cH-]1.CCc1cc2ccccc2[cH-]1.CCc1cc2ccccc2[cH-]1.C[Si](C)=[Ti+2].C[Si](C)=[Ti+2].[Cl-].[Cl-]. The number of benzene rings is 4. The Labute approximate surface area is 362 Å². The fourth-order valence-corrected chi connectivity index (χ4v) is 5.68. The van der Waals surface area contributed by atoms with E-state index in [4.69, 9.17) is 0 Å². The van der Waals surface area contributed by atoms with Gasteiger partial charge in [-0.25, -0.2) is 0 Å². The topological polar surface area (TPSA) is 0 Å². The first-order valence-electron chi connectivity index (χ1n) is 18.7. The molecular formula is C48H56Cl2Si2Ti2-2. The Hall–Kier alpha value is -2.24. The summed E-state index contributed by atoms with van der Waals surface area (Å²) in [7, 11) is 0. The molecule has 0 radical (unpaired) electrons. The molecule has 54 heavy (non-hydrogen) atoms. The van der Waals surface area contributed by atoms with E-state index in [1.807, 2.05) is 0 Å². The maximum atomic E-state index is 2.27. The van der Waals surface area contributed by atoms with Gasteiger partial charge in [0.25, 0.3) is 0 Å². The summed E-state index contributed by atoms with van der Waals surface area (Å²) < 4.78 is 0. The molecule has 280 valence electrons. The van der Waals surface area contributed by atoms with Crippen LogP contribution in [0.15, 0.2) is 146 Å². The second-order valence-corrected chi connectivity index (χ2v) is 26.8. The van der Waals surface area contributed by atoms with Gasteiger partial charge >= 0.3 is 76.9 Å². The van der Waals surface area contributed by atoms with E-state index in [0.29, 0.717) is 0 Å². The fourth-order valence-electron chi connectivity index (χ4n) is 5.68. The van der Waals surface area contributed by atoms with Crippen LogP contribution in [0.1, 0.15) is 49.9 Å². The van der Waals surface area contributed by atoms with Gasteiger partial charge in [0.1, 0.15) is 0 Å². The van der Waals surface area contributed by atoms with Crippen LogP contribution in [0.5, 0.6) is 0 Å². The van der Waals surface area contributed by atoms with Gasteiger partial charge in [0.15, 0.2) is 0 Å². The summed E-state index contributed by atoms with van der Waals surface area (Å²) in [6, 6.07) is 52.0. The molecule has 0 amide bonds. The molecule has 0 aliphatic carbocycles. The predicted octanol–water partition coefficient (Wildman–Crippen LogP) is 8.06. The maximum absolute atomic E-state index is 2.27. The monoisotopic (exact) mass is 854 g/mol. The van der Waals surface area contributed by atoms with Gasteiger partial charge in [-0.15, -0.1) is 162 Å². The zero-order chi connectivity index (χ0) is 37.9. The second kappa shape index (κ2) is 27.4. The molecule has 0 nitrogen and oxygen atoms in total. The molecule has 0 atom stereocenters. The van der Waals surface area contributed by atoms with E-state index in [1.54, 1.807) is 0 Å². The molecule has 0 aliphatic heterocycles. The molecule has 0 saturated carbocycles. The Kier molecular flexibility index (Phi) is 25.2. The Morgan fingerprint density at radius 2 is 0.537 bits per heavy atom. The van der Waals surface area contributed by atoms with Crippen molar-refractivity contribution in [1.29, 1.82) is 0 Å². The van der Waals surface area contributed by atoms with Crippen LogP contribution in [0, 0.1) is 0 Å². The van der Waals surface area contributed by atoms with Crippen molar-refractivity contribution >= 4 is 55.5 Å². The Morgan fingerprint density at radius 3 is 0.685 bits per heavy atom. The molecule has 0 unspecified atom stereocenters. The first kappa shape index (κ1) is 49.8. The number of fused-ring (bicyclic) bond motifs is 4. The first-order valence-corrected chi connectivity index (χ1v) is 28.4. The third-order valence-electron chi connectivity index (χ3n) is 8.34. The van der Waals surface area contributed by atoms with Gasteiger partial charge in [0.2, 0.25) is 0 Å². The van der Waals surface area contributed by atoms with Crippen LogP contribution in [-0.2, 0) is 64.0 Å². The van der Waals surface area contributed by atoms with Crippen molar-refractivity contribution in [1.82, 2.24) is 0 Å². The molecule has 6 heteroatoms. The zero-order valence-electron chi connectivity index (χ0n) is 33.4. The standard InChI is InChI=1S/4C11H11.2C2H6Si.2ClH.2Ti/c4*1-2-9-7-10-5-3-4-6-11(10)8-9;2*1-3-2;;;;/h4*3-8H,2H2,1H3;2*1-2H3;2*1H;;/q4*-1;;;;;2*+2/p-2. The van der Waals surface area contributed by atoms with E-state index in [2.05, 4.69) is 238 Å². The number of hydrogen-bond acceptors (Lipinski definition) is 0. The number of halogens is 2. The van der Waals surface area contributed by atoms with Gasteiger partial charge < -0.3 is 24.8 Å². The molecular weight excluding hydrogens is 799 g/mol. The number of aryl methyl sites for hydroxylation is 4. The quantitative estimate of drug-likeness (QED) is 0.124. The average Bonchev–Trinajstić information content (AvgIpc) is 3.95. The minimum absolute atomic E-state index is 0. The second-order valence-electron chi connectivity index (χ2n) is 13.4. The summed E-state index contributed by atoms with van der Waals surface area (Å²) in [5, 5.41) is 10.9. The smallest absolute Gasteiger partial charge is 1.00 e. The predicted molar refractivity (Wildman–Crippen MR) is 231 cm³/mol. The van der Waals surface area contributed by atoms with Crippen LogP contribution >= 0.6 is 0 Å². The van der Waals surface area contributed by atoms with Gasteiger partial charge in [-0.05, 0) is 25.7 Å². The van der Waals surface area contributed by atoms with Crippen molar-refractivity contribution in [3.8, 4) is 0 Å². The van der Waals surface area contributed by atoms with Gasteiger partial charge in [-0.1, -0.05) is 52.0 Å². The third kappa shape index (κ3) is 17.7. The Morgan fingerprint density at radius 1 is 0.370 bits per heavy atom. The van der Waals surface area contributed by atoms with Crippen molar-refractivity contribution in [3.05, 3.63) is 168 Å². The normalized spacial score (nSPS) is 9.70. The van der Waals surface area contributed by atoms with Gasteiger partial charge in [0, 0.05) is 0 Å². The molecule has 0 spiro atoms. The van der Waals surface area contributed by atoms with Gasteiger partial charge in [-0.3, -0.25) is 0 Å². The van der Waals surface area contributed by atoms with Crippen molar-refractivity contribution in [2.24, 2.45) is 0 Å². The summed E-state index contributed by atoms with van der Waals surface area (Å²) in [5.74, 6) is 0. The fraction of sp³-hybridized carbons (Fsp3) is 0.250. The molecule has 0 aliphatic rings. The van der Waals surface area contributed by atoms with E-state index in [0.717, 1.165) is 25.7 Å². The van der Waals surface area contributed by atoms with E-state index in [9.17, 15) is 0 Å². The number of rotatable bonds is 4. The summed E-state index contributed by atoms with van der Waals surface area (Å²) >= 11 is 4.54. The molecule has 0 N–H and O–H groups in total. The zero-order valence-corrected chi connectivity index (χ0v) is 40.1. The van der Waals surface area contributed by atoms with E-state index < -0.39 is 0 Å². The van der Waals surface area contributed by atoms with E-state index in [1.165, 1.54) is 65.3 Å². The van der Waals surface area contributed by atoms with Crippen LogP contribution in [0.25, 0.3) is 43.1 Å². The van der Waals surface area contributed by atoms with Gasteiger partial charge in [-0.2, -0.15) is 24.3 Å². The summed E-state index contributed by atoms with van der Waals surface area (Å²) in [6.07, 6.45) is 4.78. The van der Waals surface area contributed by atoms with Crippen LogP contribution in [0.2, 0.25) is 26.2 Å². The van der Waals surface area contributed by atoms with Crippen LogP contribution in [0.4, 0.5) is 0 Å². The third-order valence-corrected chi connectivity index (χ3v) is 8.34. The molecule has 8 rings (SSSR count). The molecule has 0 heterocycles. The molecule has 8 aromatic rings. The van der Waals surface area contributed by atoms with E-state index >= 15 is 0 Å². The van der Waals surface area contributed by atoms with E-state index in [-0.39, 0.29) is 37.2 Å². The largest absolute Gasteiger partial charge is 1.00 e. The summed E-state index contributed by atoms with van der Waals surface area (Å²) in [4.78, 5) is 0. The van der Waals surface area contributed by atoms with Crippen molar-refractivity contribution in [2.75, 3.05) is 0 Å². The molecule has 8 aromatic carbocycles. The first-order chi connectivity index (χ1) is 25.1. The maximum Gasteiger partial charge on any atom is -1.00 e. The summed E-state index contributed by atoms with van der Waals surface area (Å²) in [5.41, 5.74) is 5.75. The molecule has 0 fully saturated rings. The van der Waals surface area contributed by atoms with Crippen molar-refractivity contribution < 1.29 is 63.2 Å². The van der Waals surface area contributed by atoms with Crippen LogP contribution in [0.3, 0.4) is 0 Å². The van der Waals surface area contributed by atoms with Gasteiger partial charge in [0.05, 0.1) is 0 Å². The van der Waals surface area contributed by atoms with Crippen molar-refractivity contribution in [3.63, 3.8) is 0 Å². The van der Waals surface area contributed by atoms with Crippen molar-refractivity contribution in [2.45, 2.75) is 79.6 Å². The molecule has 0 bridgehead atoms. The Balaban J connectivity index is 0.000000334. The minimum Gasteiger partial charge on any atom is -1.00 e. The minimum atomic E-state index is 0. The van der Waals surface area contributed by atoms with Crippen LogP contribution < -0.4 is 24.8 Å². The van der Waals surface area contributed by atoms with Crippen LogP contribution in [-0.4, -0.2) is 12.4 Å². The average molecular weight is 856 g/mol. The summed E-state index contributed by atoms with van der Waals surface area (Å²) in [6.45, 7) is 17.8.